The van der Waals surface area contributed by atoms with Crippen LogP contribution < -0.4 is 0 Å². The van der Waals surface area contributed by atoms with Crippen molar-refractivity contribution in [2.45, 2.75) is 341 Å². The van der Waals surface area contributed by atoms with Gasteiger partial charge in [0.05, 0.1) is 26.4 Å². The summed E-state index contributed by atoms with van der Waals surface area (Å²) in [5.41, 5.74) is 0. The molecule has 0 aliphatic carbocycles. The Balaban J connectivity index is 5.50. The third-order valence-corrected chi connectivity index (χ3v) is 18.7. The molecule has 0 saturated carbocycles. The first kappa shape index (κ1) is 101. The quantitative estimate of drug-likeness (QED) is 0.0169. The average Bonchev–Trinajstić information content (AvgIpc) is 0.899. The first-order chi connectivity index (χ1) is 51.7. The predicted octanol–water partition coefficient (Wildman–Crippen LogP) is 24.2. The van der Waals surface area contributed by atoms with Crippen LogP contribution >= 0.6 is 15.6 Å². The Morgan fingerprint density at radius 3 is 0.821 bits per heavy atom. The molecule has 106 heavy (non-hydrogen) atoms. The van der Waals surface area contributed by atoms with Crippen LogP contribution in [0.3, 0.4) is 0 Å². The van der Waals surface area contributed by atoms with Crippen LogP contribution in [0.15, 0.2) is 146 Å². The summed E-state index contributed by atoms with van der Waals surface area (Å²) in [6, 6.07) is 0. The van der Waals surface area contributed by atoms with E-state index in [0.29, 0.717) is 38.5 Å². The number of hydrogen-bond acceptors (Lipinski definition) is 15. The Bertz CT molecular complexity index is 2580. The van der Waals surface area contributed by atoms with E-state index in [0.717, 1.165) is 128 Å². The zero-order valence-corrected chi connectivity index (χ0v) is 68.1. The van der Waals surface area contributed by atoms with E-state index in [2.05, 4.69) is 143 Å². The monoisotopic (exact) mass is 1530 g/mol. The second kappa shape index (κ2) is 78.1. The number of carbonyl (C=O) groups is 4. The van der Waals surface area contributed by atoms with Gasteiger partial charge < -0.3 is 33.8 Å². The molecule has 0 aromatic rings. The number of allylic oxidation sites excluding steroid dienone is 24. The van der Waals surface area contributed by atoms with Crippen molar-refractivity contribution in [2.24, 2.45) is 0 Å². The fourth-order valence-corrected chi connectivity index (χ4v) is 12.0. The van der Waals surface area contributed by atoms with Crippen molar-refractivity contribution in [1.82, 2.24) is 0 Å². The van der Waals surface area contributed by atoms with Crippen molar-refractivity contribution in [3.63, 3.8) is 0 Å². The van der Waals surface area contributed by atoms with E-state index in [1.165, 1.54) is 103 Å². The van der Waals surface area contributed by atoms with Crippen LogP contribution in [0.25, 0.3) is 0 Å². The summed E-state index contributed by atoms with van der Waals surface area (Å²) >= 11 is 0. The van der Waals surface area contributed by atoms with E-state index in [4.69, 9.17) is 37.0 Å². The topological polar surface area (TPSA) is 237 Å². The van der Waals surface area contributed by atoms with Gasteiger partial charge in [-0.15, -0.1) is 0 Å². The molecule has 19 heteroatoms. The number of aliphatic hydroxyl groups is 1. The number of ether oxygens (including phenoxy) is 4. The van der Waals surface area contributed by atoms with Crippen molar-refractivity contribution < 1.29 is 80.2 Å². The molecule has 0 saturated heterocycles. The molecule has 0 aromatic heterocycles. The summed E-state index contributed by atoms with van der Waals surface area (Å²) in [5, 5.41) is 10.6. The van der Waals surface area contributed by atoms with E-state index >= 15 is 0 Å². The molecule has 17 nitrogen and oxygen atoms in total. The lowest BCUT2D eigenvalue weighted by atomic mass is 10.1. The van der Waals surface area contributed by atoms with Crippen molar-refractivity contribution in [3.8, 4) is 0 Å². The summed E-state index contributed by atoms with van der Waals surface area (Å²) in [5.74, 6) is -2.39. The highest BCUT2D eigenvalue weighted by Crippen LogP contribution is 2.45. The van der Waals surface area contributed by atoms with Gasteiger partial charge >= 0.3 is 39.5 Å². The van der Waals surface area contributed by atoms with E-state index in [1.54, 1.807) is 0 Å². The van der Waals surface area contributed by atoms with Crippen LogP contribution in [0.2, 0.25) is 0 Å². The number of hydrogen-bond donors (Lipinski definition) is 3. The maximum absolute atomic E-state index is 13.1. The Morgan fingerprint density at radius 1 is 0.264 bits per heavy atom. The SMILES string of the molecule is CCCCC/C=C\C/C=C\C/C=C\C/C=C\C/C=C\CCC(=O)OC[C@H](COP(=O)(O)OC[C@@H](O)COP(=O)(O)OC[C@@H](COC(=O)CCCCCCC/C=C\CCCCCCCC)OC(=O)CC/C=C\C/C=C\C/C=C\C/C=C\C/C=C\CCCCC)OC(=O)CCCCCCC/C=C\CCCCCC. The second-order valence-electron chi connectivity index (χ2n) is 27.0. The molecule has 0 aliphatic heterocycles. The van der Waals surface area contributed by atoms with E-state index < -0.39 is 97.5 Å². The zero-order valence-electron chi connectivity index (χ0n) is 66.3. The molecule has 0 heterocycles. The fraction of sp³-hybridized carbons (Fsp3) is 0.678. The number of unbranched alkanes of at least 4 members (excludes halogenated alkanes) is 26. The van der Waals surface area contributed by atoms with Gasteiger partial charge in [0.1, 0.15) is 19.3 Å². The van der Waals surface area contributed by atoms with Gasteiger partial charge in [-0.1, -0.05) is 289 Å². The lowest BCUT2D eigenvalue weighted by Gasteiger charge is -2.21. The first-order valence-corrected chi connectivity index (χ1v) is 44.1. The van der Waals surface area contributed by atoms with Gasteiger partial charge in [-0.05, 0) is 154 Å². The molecule has 606 valence electrons. The largest absolute Gasteiger partial charge is 0.472 e. The Morgan fingerprint density at radius 2 is 0.481 bits per heavy atom. The number of phosphoric ester groups is 2. The summed E-state index contributed by atoms with van der Waals surface area (Å²) in [7, 11) is -10.0. The number of esters is 4. The predicted molar refractivity (Wildman–Crippen MR) is 436 cm³/mol. The van der Waals surface area contributed by atoms with Gasteiger partial charge in [-0.2, -0.15) is 0 Å². The average molecular weight is 1530 g/mol. The molecule has 0 fully saturated rings. The molecule has 0 rings (SSSR count). The van der Waals surface area contributed by atoms with Gasteiger partial charge in [0, 0.05) is 25.7 Å². The highest BCUT2D eigenvalue weighted by atomic mass is 31.2. The highest BCUT2D eigenvalue weighted by Gasteiger charge is 2.30. The minimum absolute atomic E-state index is 0.0314. The van der Waals surface area contributed by atoms with Crippen LogP contribution in [0.5, 0.6) is 0 Å². The first-order valence-electron chi connectivity index (χ1n) is 41.1. The molecule has 2 unspecified atom stereocenters. The second-order valence-corrected chi connectivity index (χ2v) is 29.9. The molecule has 3 N–H and O–H groups in total. The van der Waals surface area contributed by atoms with Gasteiger partial charge in [-0.3, -0.25) is 37.3 Å². The molecule has 0 amide bonds. The smallest absolute Gasteiger partial charge is 0.462 e. The molecule has 0 bridgehead atoms. The number of rotatable bonds is 76. The highest BCUT2D eigenvalue weighted by molar-refractivity contribution is 7.47. The molecular weight excluding hydrogens is 1380 g/mol. The van der Waals surface area contributed by atoms with Crippen LogP contribution in [0, 0.1) is 0 Å². The fourth-order valence-electron chi connectivity index (χ4n) is 10.5. The summed E-state index contributed by atoms with van der Waals surface area (Å²) < 4.78 is 68.5. The van der Waals surface area contributed by atoms with Gasteiger partial charge in [0.25, 0.3) is 0 Å². The van der Waals surface area contributed by atoms with Crippen LogP contribution in [-0.4, -0.2) is 96.7 Å². The van der Waals surface area contributed by atoms with Gasteiger partial charge in [-0.25, -0.2) is 9.13 Å². The summed E-state index contributed by atoms with van der Waals surface area (Å²) in [6.45, 7) is 4.62. The van der Waals surface area contributed by atoms with Crippen molar-refractivity contribution in [3.05, 3.63) is 146 Å². The minimum atomic E-state index is -5.01. The maximum atomic E-state index is 13.1. The van der Waals surface area contributed by atoms with E-state index in [9.17, 15) is 43.2 Å². The van der Waals surface area contributed by atoms with Gasteiger partial charge in [0.15, 0.2) is 12.2 Å². The number of aliphatic hydroxyl groups excluding tert-OH is 1. The molecular formula is C87H146O17P2. The summed E-state index contributed by atoms with van der Waals surface area (Å²) in [4.78, 5) is 73.0. The van der Waals surface area contributed by atoms with Crippen molar-refractivity contribution >= 4 is 39.5 Å². The lowest BCUT2D eigenvalue weighted by Crippen LogP contribution is -2.30. The number of carbonyl (C=O) groups excluding carboxylic acids is 4. The van der Waals surface area contributed by atoms with Crippen LogP contribution in [-0.2, 0) is 65.4 Å². The van der Waals surface area contributed by atoms with E-state index in [1.807, 2.05) is 30.4 Å². The van der Waals surface area contributed by atoms with E-state index in [-0.39, 0.29) is 25.7 Å². The third-order valence-electron chi connectivity index (χ3n) is 16.8. The molecule has 0 spiro atoms. The molecule has 5 atom stereocenters. The lowest BCUT2D eigenvalue weighted by molar-refractivity contribution is -0.161. The van der Waals surface area contributed by atoms with Crippen LogP contribution in [0.1, 0.15) is 323 Å². The van der Waals surface area contributed by atoms with Crippen LogP contribution in [0.4, 0.5) is 0 Å². The normalized spacial score (nSPS) is 14.6. The molecule has 0 aliphatic rings. The van der Waals surface area contributed by atoms with Gasteiger partial charge in [0.2, 0.25) is 0 Å². The Hall–Kier alpha value is -5.06. The standard InChI is InChI=1S/C87H146O17P2/c1-5-9-13-17-21-25-29-33-36-38-40-42-45-49-52-56-60-64-68-72-85(90)98-77-82(103-86(91)73-69-65-61-57-53-47-32-28-24-20-16-12-8-4)79-101-105(93,94)99-75-81(88)76-100-106(95,96)102-80-83(78-97-84(89)71-67-63-59-55-51-48-44-35-31-27-23-19-15-11-7-3)104-87(92)74-70-66-62-58-54-50-46-43-41-39-37-34-30-26-22-18-14-10-6-2/h21-22,25-26,28,32-37,40-44,49-50,52,54,60,62,64,66,81-83,88H,5-20,23-24,27,29-31,38-39,45-48,51,53,55-59,61,63,65,67-80H2,1-4H3,(H,93,94)(H,95,96)/b25-21-,26-22-,32-28-,36-33-,37-34-,42-40-,43-41-,44-35-,52-49-,54-50-,64-60-,66-62-/t81-,82-,83-/m1/s1. The molecule has 0 radical (unpaired) electrons. The van der Waals surface area contributed by atoms with Crippen molar-refractivity contribution in [1.29, 1.82) is 0 Å². The zero-order chi connectivity index (χ0) is 77.4. The summed E-state index contributed by atoms with van der Waals surface area (Å²) in [6.07, 6.45) is 90.0. The Labute approximate surface area is 643 Å². The minimum Gasteiger partial charge on any atom is -0.462 e. The maximum Gasteiger partial charge on any atom is 0.472 e. The number of phosphoric acid groups is 2. The molecule has 0 aromatic carbocycles. The third kappa shape index (κ3) is 77.1. The Kier molecular flexibility index (Phi) is 74.3. The van der Waals surface area contributed by atoms with Crippen molar-refractivity contribution in [2.75, 3.05) is 39.6 Å².